The molecule has 0 aromatic rings. The molecule has 0 aromatic carbocycles. The number of allylic oxidation sites excluding steroid dienone is 3. The van der Waals surface area contributed by atoms with Crippen LogP contribution in [0.15, 0.2) is 24.3 Å². The van der Waals surface area contributed by atoms with Crippen molar-refractivity contribution < 1.29 is 5.11 Å². The van der Waals surface area contributed by atoms with E-state index in [1.165, 1.54) is 0 Å². The summed E-state index contributed by atoms with van der Waals surface area (Å²) in [5.41, 5.74) is 0. The molecule has 0 radical (unpaired) electrons. The zero-order valence-corrected chi connectivity index (χ0v) is 6.12. The van der Waals surface area contributed by atoms with Crippen molar-refractivity contribution in [1.82, 2.24) is 0 Å². The summed E-state index contributed by atoms with van der Waals surface area (Å²) in [4.78, 5) is 0. The van der Waals surface area contributed by atoms with Crippen LogP contribution in [0.4, 0.5) is 0 Å². The first-order chi connectivity index (χ1) is 4.81. The van der Waals surface area contributed by atoms with E-state index in [0.717, 1.165) is 0 Å². The normalized spacial score (nSPS) is 14.1. The summed E-state index contributed by atoms with van der Waals surface area (Å²) in [7, 11) is 0. The van der Waals surface area contributed by atoms with Gasteiger partial charge < -0.3 is 5.11 Å². The Bertz CT molecular complexity index is 160. The van der Waals surface area contributed by atoms with Crippen LogP contribution in [0.2, 0.25) is 0 Å². The van der Waals surface area contributed by atoms with Crippen LogP contribution in [-0.4, -0.2) is 11.2 Å². The van der Waals surface area contributed by atoms with Crippen LogP contribution in [0.5, 0.6) is 0 Å². The van der Waals surface area contributed by atoms with E-state index in [2.05, 4.69) is 5.92 Å². The Morgan fingerprint density at radius 3 is 2.80 bits per heavy atom. The summed E-state index contributed by atoms with van der Waals surface area (Å²) in [5.74, 6) is 2.37. The van der Waals surface area contributed by atoms with Gasteiger partial charge in [0.25, 0.3) is 0 Å². The second-order valence-corrected chi connectivity index (χ2v) is 1.89. The standard InChI is InChI=1S/C9H12O/c1-3-5-6-8-9(10)7-4-2/h2-3,5-6,8-10H,7H2,1H3/b5-3+,8-6+. The number of rotatable bonds is 3. The molecule has 0 aliphatic heterocycles. The fourth-order valence-corrected chi connectivity index (χ4v) is 0.492. The Morgan fingerprint density at radius 2 is 2.30 bits per heavy atom. The van der Waals surface area contributed by atoms with Gasteiger partial charge in [0, 0.05) is 6.42 Å². The summed E-state index contributed by atoms with van der Waals surface area (Å²) in [6.07, 6.45) is 12.0. The highest BCUT2D eigenvalue weighted by Gasteiger charge is 1.91. The number of aliphatic hydroxyl groups is 1. The molecule has 0 fully saturated rings. The molecule has 1 unspecified atom stereocenters. The van der Waals surface area contributed by atoms with E-state index < -0.39 is 6.10 Å². The molecule has 0 rings (SSSR count). The van der Waals surface area contributed by atoms with Crippen LogP contribution < -0.4 is 0 Å². The van der Waals surface area contributed by atoms with Gasteiger partial charge in [-0.25, -0.2) is 0 Å². The van der Waals surface area contributed by atoms with Crippen molar-refractivity contribution in [3.05, 3.63) is 24.3 Å². The van der Waals surface area contributed by atoms with E-state index in [4.69, 9.17) is 11.5 Å². The Labute approximate surface area is 62.1 Å². The maximum Gasteiger partial charge on any atom is 0.0833 e. The van der Waals surface area contributed by atoms with Crippen LogP contribution in [0.25, 0.3) is 0 Å². The predicted molar refractivity (Wildman–Crippen MR) is 43.4 cm³/mol. The van der Waals surface area contributed by atoms with Gasteiger partial charge in [-0.1, -0.05) is 24.3 Å². The van der Waals surface area contributed by atoms with Crippen molar-refractivity contribution in [3.8, 4) is 12.3 Å². The summed E-state index contributed by atoms with van der Waals surface area (Å²) >= 11 is 0. The van der Waals surface area contributed by atoms with Crippen molar-refractivity contribution >= 4 is 0 Å². The largest absolute Gasteiger partial charge is 0.388 e. The van der Waals surface area contributed by atoms with Gasteiger partial charge in [-0.2, -0.15) is 0 Å². The number of terminal acetylenes is 1. The minimum atomic E-state index is -0.499. The van der Waals surface area contributed by atoms with Crippen LogP contribution >= 0.6 is 0 Å². The molecule has 0 amide bonds. The minimum absolute atomic E-state index is 0.383. The molecule has 0 aromatic heterocycles. The molecular formula is C9H12O. The molecule has 1 atom stereocenters. The average Bonchev–Trinajstić information content (AvgIpc) is 1.89. The SMILES string of the molecule is C#CCC(O)/C=C/C=C/C. The van der Waals surface area contributed by atoms with Crippen molar-refractivity contribution in [2.75, 3.05) is 0 Å². The van der Waals surface area contributed by atoms with Gasteiger partial charge >= 0.3 is 0 Å². The molecule has 54 valence electrons. The molecule has 1 heteroatoms. The summed E-state index contributed by atoms with van der Waals surface area (Å²) < 4.78 is 0. The van der Waals surface area contributed by atoms with E-state index in [9.17, 15) is 0 Å². The lowest BCUT2D eigenvalue weighted by Gasteiger charge is -1.95. The van der Waals surface area contributed by atoms with Crippen LogP contribution in [0.1, 0.15) is 13.3 Å². The number of hydrogen-bond acceptors (Lipinski definition) is 1. The molecule has 0 heterocycles. The molecule has 0 saturated heterocycles. The second kappa shape index (κ2) is 6.12. The smallest absolute Gasteiger partial charge is 0.0833 e. The summed E-state index contributed by atoms with van der Waals surface area (Å²) in [5, 5.41) is 9.01. The molecule has 0 saturated carbocycles. The van der Waals surface area contributed by atoms with Gasteiger partial charge in [-0.15, -0.1) is 12.3 Å². The van der Waals surface area contributed by atoms with E-state index in [0.29, 0.717) is 6.42 Å². The number of hydrogen-bond donors (Lipinski definition) is 1. The molecule has 10 heavy (non-hydrogen) atoms. The van der Waals surface area contributed by atoms with Crippen LogP contribution in [0, 0.1) is 12.3 Å². The highest BCUT2D eigenvalue weighted by molar-refractivity contribution is 5.05. The van der Waals surface area contributed by atoms with Gasteiger partial charge in [-0.3, -0.25) is 0 Å². The summed E-state index contributed by atoms with van der Waals surface area (Å²) in [6, 6.07) is 0. The van der Waals surface area contributed by atoms with E-state index in [1.54, 1.807) is 12.2 Å². The highest BCUT2D eigenvalue weighted by Crippen LogP contribution is 1.91. The lowest BCUT2D eigenvalue weighted by molar-refractivity contribution is 0.229. The van der Waals surface area contributed by atoms with E-state index in [-0.39, 0.29) is 0 Å². The maximum atomic E-state index is 9.01. The lowest BCUT2D eigenvalue weighted by Crippen LogP contribution is -1.98. The lowest BCUT2D eigenvalue weighted by atomic mass is 10.2. The Hall–Kier alpha value is -1.00. The second-order valence-electron chi connectivity index (χ2n) is 1.89. The molecule has 0 aliphatic carbocycles. The number of aliphatic hydroxyl groups excluding tert-OH is 1. The molecule has 1 N–H and O–H groups in total. The molecular weight excluding hydrogens is 124 g/mol. The zero-order chi connectivity index (χ0) is 7.82. The predicted octanol–water partition coefficient (Wildman–Crippen LogP) is 1.50. The Balaban J connectivity index is 3.57. The third-order valence-corrected chi connectivity index (χ3v) is 0.964. The first-order valence-corrected chi connectivity index (χ1v) is 3.22. The molecule has 1 nitrogen and oxygen atoms in total. The first-order valence-electron chi connectivity index (χ1n) is 3.22. The highest BCUT2D eigenvalue weighted by atomic mass is 16.3. The van der Waals surface area contributed by atoms with Crippen molar-refractivity contribution in [2.45, 2.75) is 19.4 Å². The van der Waals surface area contributed by atoms with E-state index >= 15 is 0 Å². The molecule has 0 bridgehead atoms. The van der Waals surface area contributed by atoms with Gasteiger partial charge in [0.05, 0.1) is 6.10 Å². The molecule has 0 aliphatic rings. The summed E-state index contributed by atoms with van der Waals surface area (Å²) in [6.45, 7) is 1.91. The van der Waals surface area contributed by atoms with Crippen LogP contribution in [-0.2, 0) is 0 Å². The Kier molecular flexibility index (Phi) is 5.51. The minimum Gasteiger partial charge on any atom is -0.388 e. The Morgan fingerprint density at radius 1 is 1.60 bits per heavy atom. The first kappa shape index (κ1) is 9.00. The third-order valence-electron chi connectivity index (χ3n) is 0.964. The quantitative estimate of drug-likeness (QED) is 0.460. The fraction of sp³-hybridized carbons (Fsp3) is 0.333. The maximum absolute atomic E-state index is 9.01. The van der Waals surface area contributed by atoms with Crippen LogP contribution in [0.3, 0.4) is 0 Å². The third kappa shape index (κ3) is 5.14. The molecule has 0 spiro atoms. The van der Waals surface area contributed by atoms with Gasteiger partial charge in [0.15, 0.2) is 0 Å². The average molecular weight is 136 g/mol. The monoisotopic (exact) mass is 136 g/mol. The van der Waals surface area contributed by atoms with E-state index in [1.807, 2.05) is 19.1 Å². The zero-order valence-electron chi connectivity index (χ0n) is 6.12. The fourth-order valence-electron chi connectivity index (χ4n) is 0.492. The van der Waals surface area contributed by atoms with Crippen molar-refractivity contribution in [2.24, 2.45) is 0 Å². The van der Waals surface area contributed by atoms with Gasteiger partial charge in [0.2, 0.25) is 0 Å². The van der Waals surface area contributed by atoms with Crippen molar-refractivity contribution in [1.29, 1.82) is 0 Å². The topological polar surface area (TPSA) is 20.2 Å². The van der Waals surface area contributed by atoms with Gasteiger partial charge in [-0.05, 0) is 6.92 Å². The van der Waals surface area contributed by atoms with Gasteiger partial charge in [0.1, 0.15) is 0 Å². The van der Waals surface area contributed by atoms with Crippen molar-refractivity contribution in [3.63, 3.8) is 0 Å².